The Balaban J connectivity index is 2.43. The molecule has 4 heteroatoms. The van der Waals surface area contributed by atoms with Crippen molar-refractivity contribution in [1.82, 2.24) is 0 Å². The number of hydrogen-bond donors (Lipinski definition) is 0. The van der Waals surface area contributed by atoms with Crippen molar-refractivity contribution >= 4 is 25.0 Å². The normalized spacial score (nSPS) is 10.8. The van der Waals surface area contributed by atoms with Crippen LogP contribution in [0.3, 0.4) is 0 Å². The van der Waals surface area contributed by atoms with Crippen molar-refractivity contribution in [2.75, 3.05) is 14.2 Å². The molecule has 0 N–H and O–H groups in total. The number of rotatable bonds is 5. The van der Waals surface area contributed by atoms with E-state index in [1.807, 2.05) is 42.5 Å². The first-order valence-corrected chi connectivity index (χ1v) is 7.25. The van der Waals surface area contributed by atoms with E-state index in [1.165, 1.54) is 0 Å². The lowest BCUT2D eigenvalue weighted by molar-refractivity contribution is 0.101. The predicted octanol–water partition coefficient (Wildman–Crippen LogP) is 2.54. The second-order valence-electron chi connectivity index (χ2n) is 4.27. The van der Waals surface area contributed by atoms with E-state index in [9.17, 15) is 4.79 Å². The predicted molar refractivity (Wildman–Crippen MR) is 83.6 cm³/mol. The first-order valence-electron chi connectivity index (χ1n) is 6.25. The molecule has 0 aliphatic rings. The van der Waals surface area contributed by atoms with Crippen molar-refractivity contribution in [2.24, 2.45) is 0 Å². The van der Waals surface area contributed by atoms with Crippen LogP contribution in [-0.2, 0) is 0 Å². The Morgan fingerprint density at radius 3 is 2.30 bits per heavy atom. The molecule has 2 aromatic rings. The minimum Gasteiger partial charge on any atom is -0.493 e. The molecule has 20 heavy (non-hydrogen) atoms. The third-order valence-electron chi connectivity index (χ3n) is 2.98. The second-order valence-corrected chi connectivity index (χ2v) is 5.60. The van der Waals surface area contributed by atoms with Gasteiger partial charge in [-0.1, -0.05) is 45.0 Å². The van der Waals surface area contributed by atoms with Crippen LogP contribution in [0.5, 0.6) is 11.5 Å². The van der Waals surface area contributed by atoms with Gasteiger partial charge in [-0.15, -0.1) is 0 Å². The molecule has 1 atom stereocenters. The van der Waals surface area contributed by atoms with Crippen LogP contribution in [0.4, 0.5) is 0 Å². The molecule has 0 bridgehead atoms. The lowest BCUT2D eigenvalue weighted by Gasteiger charge is -2.13. The molecule has 0 amide bonds. The number of ether oxygens (including phenoxy) is 2. The zero-order valence-corrected chi connectivity index (χ0v) is 12.8. The van der Waals surface area contributed by atoms with Crippen molar-refractivity contribution in [3.8, 4) is 11.5 Å². The van der Waals surface area contributed by atoms with Gasteiger partial charge in [-0.25, -0.2) is 0 Å². The molecule has 0 aromatic heterocycles. The molecule has 3 nitrogen and oxygen atoms in total. The Kier molecular flexibility index (Phi) is 4.75. The smallest absolute Gasteiger partial charge is 0.168 e. The van der Waals surface area contributed by atoms with E-state index < -0.39 is 0 Å². The van der Waals surface area contributed by atoms with Crippen LogP contribution in [0.2, 0.25) is 0 Å². The maximum atomic E-state index is 11.7. The van der Waals surface area contributed by atoms with Gasteiger partial charge in [0.1, 0.15) is 0 Å². The third kappa shape index (κ3) is 3.00. The molecule has 2 rings (SSSR count). The molecular formula is C16H17O3P. The van der Waals surface area contributed by atoms with Gasteiger partial charge in [0, 0.05) is 10.9 Å². The maximum absolute atomic E-state index is 11.7. The van der Waals surface area contributed by atoms with E-state index in [-0.39, 0.29) is 5.78 Å². The summed E-state index contributed by atoms with van der Waals surface area (Å²) < 4.78 is 10.7. The molecule has 0 spiro atoms. The molecule has 1 unspecified atom stereocenters. The molecule has 0 saturated heterocycles. The highest BCUT2D eigenvalue weighted by Gasteiger charge is 2.13. The molecule has 104 valence electrons. The number of carbonyl (C=O) groups excluding carboxylic acids is 1. The minimum atomic E-state index is 0.0787. The van der Waals surface area contributed by atoms with Crippen LogP contribution >= 0.6 is 8.58 Å². The number of hydrogen-bond acceptors (Lipinski definition) is 3. The molecule has 2 aromatic carbocycles. The third-order valence-corrected chi connectivity index (χ3v) is 4.35. The summed E-state index contributed by atoms with van der Waals surface area (Å²) in [4.78, 5) is 11.7. The summed E-state index contributed by atoms with van der Waals surface area (Å²) in [7, 11) is 3.59. The topological polar surface area (TPSA) is 35.5 Å². The first kappa shape index (κ1) is 14.5. The Bertz CT molecular complexity index is 623. The number of ketones is 1. The lowest BCUT2D eigenvalue weighted by atomic mass is 10.1. The summed E-state index contributed by atoms with van der Waals surface area (Å²) in [5.74, 6) is 1.51. The number of Topliss-reactive ketones (excluding diaryl/α,β-unsaturated/α-hetero) is 1. The maximum Gasteiger partial charge on any atom is 0.168 e. The quantitative estimate of drug-likeness (QED) is 0.626. The number of carbonyl (C=O) groups is 1. The Morgan fingerprint density at radius 1 is 0.950 bits per heavy atom. The Morgan fingerprint density at radius 2 is 1.65 bits per heavy atom. The average molecular weight is 288 g/mol. The van der Waals surface area contributed by atoms with Crippen molar-refractivity contribution in [2.45, 2.75) is 6.92 Å². The number of para-hydroxylation sites is 1. The van der Waals surface area contributed by atoms with Gasteiger partial charge in [-0.3, -0.25) is 4.79 Å². The molecule has 0 heterocycles. The molecular weight excluding hydrogens is 271 g/mol. The van der Waals surface area contributed by atoms with Crippen LogP contribution in [0.1, 0.15) is 17.3 Å². The zero-order chi connectivity index (χ0) is 14.5. The van der Waals surface area contributed by atoms with Crippen LogP contribution in [0.15, 0.2) is 42.5 Å². The van der Waals surface area contributed by atoms with Crippen LogP contribution in [-0.4, -0.2) is 20.0 Å². The van der Waals surface area contributed by atoms with Gasteiger partial charge in [0.25, 0.3) is 0 Å². The average Bonchev–Trinajstić information content (AvgIpc) is 2.47. The van der Waals surface area contributed by atoms with Crippen molar-refractivity contribution in [1.29, 1.82) is 0 Å². The van der Waals surface area contributed by atoms with E-state index in [0.717, 1.165) is 21.9 Å². The molecule has 0 aliphatic carbocycles. The molecule has 0 fully saturated rings. The Hall–Kier alpha value is -1.86. The second kappa shape index (κ2) is 6.53. The Labute approximate surface area is 120 Å². The van der Waals surface area contributed by atoms with Crippen LogP contribution in [0, 0.1) is 0 Å². The summed E-state index contributed by atoms with van der Waals surface area (Å²) in [5, 5.41) is 2.05. The SMILES string of the molecule is COc1cccc(Pc2ccccc2C(C)=O)c1OC. The van der Waals surface area contributed by atoms with Gasteiger partial charge in [0.15, 0.2) is 17.3 Å². The van der Waals surface area contributed by atoms with E-state index in [0.29, 0.717) is 14.3 Å². The number of methoxy groups -OCH3 is 2. The van der Waals surface area contributed by atoms with Gasteiger partial charge in [0.05, 0.1) is 14.2 Å². The summed E-state index contributed by atoms with van der Waals surface area (Å²) >= 11 is 0. The fraction of sp³-hybridized carbons (Fsp3) is 0.188. The fourth-order valence-electron chi connectivity index (χ4n) is 2.03. The van der Waals surface area contributed by atoms with E-state index in [2.05, 4.69) is 0 Å². The van der Waals surface area contributed by atoms with Gasteiger partial charge >= 0.3 is 0 Å². The highest BCUT2D eigenvalue weighted by molar-refractivity contribution is 7.56. The van der Waals surface area contributed by atoms with Gasteiger partial charge in [0.2, 0.25) is 0 Å². The summed E-state index contributed by atoms with van der Waals surface area (Å²) in [6, 6.07) is 13.5. The van der Waals surface area contributed by atoms with Crippen LogP contribution < -0.4 is 20.1 Å². The standard InChI is InChI=1S/C16H17O3P/c1-11(17)12-7-4-5-9-14(12)20-15-10-6-8-13(18-2)16(15)19-3/h4-10,20H,1-3H3. The zero-order valence-electron chi connectivity index (χ0n) is 11.8. The van der Waals surface area contributed by atoms with E-state index in [1.54, 1.807) is 21.1 Å². The van der Waals surface area contributed by atoms with Gasteiger partial charge < -0.3 is 9.47 Å². The summed E-state index contributed by atoms with van der Waals surface area (Å²) in [6.45, 7) is 1.59. The lowest BCUT2D eigenvalue weighted by Crippen LogP contribution is -2.13. The fourth-order valence-corrected chi connectivity index (χ4v) is 3.41. The minimum absolute atomic E-state index is 0.0787. The van der Waals surface area contributed by atoms with Crippen molar-refractivity contribution in [3.05, 3.63) is 48.0 Å². The highest BCUT2D eigenvalue weighted by atomic mass is 31.1. The van der Waals surface area contributed by atoms with E-state index >= 15 is 0 Å². The van der Waals surface area contributed by atoms with Gasteiger partial charge in [-0.2, -0.15) is 0 Å². The van der Waals surface area contributed by atoms with Crippen molar-refractivity contribution < 1.29 is 14.3 Å². The van der Waals surface area contributed by atoms with Crippen LogP contribution in [0.25, 0.3) is 0 Å². The first-order chi connectivity index (χ1) is 9.67. The molecule has 0 radical (unpaired) electrons. The monoisotopic (exact) mass is 288 g/mol. The highest BCUT2D eigenvalue weighted by Crippen LogP contribution is 2.29. The molecule has 0 aliphatic heterocycles. The number of benzene rings is 2. The van der Waals surface area contributed by atoms with E-state index in [4.69, 9.17) is 9.47 Å². The molecule has 0 saturated carbocycles. The summed E-state index contributed by atoms with van der Waals surface area (Å²) in [5.41, 5.74) is 0.760. The summed E-state index contributed by atoms with van der Waals surface area (Å²) in [6.07, 6.45) is 0. The van der Waals surface area contributed by atoms with Gasteiger partial charge in [-0.05, 0) is 18.3 Å². The van der Waals surface area contributed by atoms with Crippen molar-refractivity contribution in [3.63, 3.8) is 0 Å². The largest absolute Gasteiger partial charge is 0.493 e.